The molecule has 0 aromatic carbocycles. The fraction of sp³-hybridized carbons (Fsp3) is 0.800. The van der Waals surface area contributed by atoms with E-state index in [-0.39, 0.29) is 23.9 Å². The van der Waals surface area contributed by atoms with Crippen LogP contribution in [0.2, 0.25) is 0 Å². The number of carbonyl (C=O) groups is 2. The summed E-state index contributed by atoms with van der Waals surface area (Å²) >= 11 is 0. The molecule has 0 aromatic rings. The lowest BCUT2D eigenvalue weighted by Gasteiger charge is -2.14. The fourth-order valence-corrected chi connectivity index (χ4v) is 2.65. The topological polar surface area (TPSA) is 101 Å². The summed E-state index contributed by atoms with van der Waals surface area (Å²) in [5.41, 5.74) is 0. The maximum atomic E-state index is 11.5. The Morgan fingerprint density at radius 1 is 1.29 bits per heavy atom. The van der Waals surface area contributed by atoms with E-state index in [1.54, 1.807) is 0 Å². The molecule has 0 saturated heterocycles. The highest BCUT2D eigenvalue weighted by Gasteiger charge is 2.25. The molecular weight excluding hydrogens is 246 g/mol. The number of ketones is 1. The SMILES string of the molecule is CC(=O)C[C@H](NS(=O)(=O)CCC(C)C)C(=O)O. The number of hydrogen-bond acceptors (Lipinski definition) is 4. The normalized spacial score (nSPS) is 13.6. The zero-order chi connectivity index (χ0) is 13.6. The maximum absolute atomic E-state index is 11.5. The second-order valence-electron chi connectivity index (χ2n) is 4.42. The quantitative estimate of drug-likeness (QED) is 0.661. The first kappa shape index (κ1) is 16.1. The van der Waals surface area contributed by atoms with Crippen molar-refractivity contribution in [3.8, 4) is 0 Å². The molecule has 100 valence electrons. The van der Waals surface area contributed by atoms with E-state index in [0.29, 0.717) is 6.42 Å². The van der Waals surface area contributed by atoms with Crippen LogP contribution in [0.5, 0.6) is 0 Å². The molecule has 0 bridgehead atoms. The van der Waals surface area contributed by atoms with Crippen molar-refractivity contribution in [2.45, 2.75) is 39.7 Å². The first-order chi connectivity index (χ1) is 7.64. The van der Waals surface area contributed by atoms with E-state index in [9.17, 15) is 18.0 Å². The Balaban J connectivity index is 4.53. The summed E-state index contributed by atoms with van der Waals surface area (Å²) in [4.78, 5) is 21.6. The third-order valence-electron chi connectivity index (χ3n) is 2.08. The summed E-state index contributed by atoms with van der Waals surface area (Å²) in [6.45, 7) is 4.97. The highest BCUT2D eigenvalue weighted by molar-refractivity contribution is 7.89. The van der Waals surface area contributed by atoms with Crippen LogP contribution in [0, 0.1) is 5.92 Å². The van der Waals surface area contributed by atoms with Crippen LogP contribution >= 0.6 is 0 Å². The van der Waals surface area contributed by atoms with Crippen molar-refractivity contribution in [1.29, 1.82) is 0 Å². The predicted molar refractivity (Wildman–Crippen MR) is 63.1 cm³/mol. The lowest BCUT2D eigenvalue weighted by molar-refractivity contribution is -0.140. The molecule has 0 rings (SSSR count). The monoisotopic (exact) mass is 265 g/mol. The van der Waals surface area contributed by atoms with Gasteiger partial charge >= 0.3 is 5.97 Å². The van der Waals surface area contributed by atoms with Crippen LogP contribution in [0.4, 0.5) is 0 Å². The van der Waals surface area contributed by atoms with Crippen LogP contribution in [-0.2, 0) is 19.6 Å². The van der Waals surface area contributed by atoms with Gasteiger partial charge in [0, 0.05) is 6.42 Å². The zero-order valence-electron chi connectivity index (χ0n) is 10.3. The highest BCUT2D eigenvalue weighted by atomic mass is 32.2. The zero-order valence-corrected chi connectivity index (χ0v) is 11.1. The van der Waals surface area contributed by atoms with Gasteiger partial charge in [-0.2, -0.15) is 0 Å². The highest BCUT2D eigenvalue weighted by Crippen LogP contribution is 2.04. The standard InChI is InChI=1S/C10H19NO5S/c1-7(2)4-5-17(15,16)11-9(10(13)14)6-8(3)12/h7,9,11H,4-6H2,1-3H3,(H,13,14)/t9-/m0/s1. The van der Waals surface area contributed by atoms with E-state index in [0.717, 1.165) is 0 Å². The number of nitrogens with one attached hydrogen (secondary N) is 1. The van der Waals surface area contributed by atoms with Crippen LogP contribution in [0.15, 0.2) is 0 Å². The molecule has 0 aliphatic heterocycles. The minimum absolute atomic E-state index is 0.133. The van der Waals surface area contributed by atoms with E-state index in [4.69, 9.17) is 5.11 Å². The van der Waals surface area contributed by atoms with Crippen LogP contribution < -0.4 is 4.72 Å². The van der Waals surface area contributed by atoms with Crippen LogP contribution in [-0.4, -0.2) is 37.1 Å². The fourth-order valence-electron chi connectivity index (χ4n) is 1.13. The Bertz CT molecular complexity index is 374. The minimum atomic E-state index is -3.65. The van der Waals surface area contributed by atoms with Gasteiger partial charge in [-0.1, -0.05) is 13.8 Å². The molecule has 0 fully saturated rings. The number of aliphatic carboxylic acids is 1. The lowest BCUT2D eigenvalue weighted by Crippen LogP contribution is -2.43. The Kier molecular flexibility index (Phi) is 6.33. The van der Waals surface area contributed by atoms with Gasteiger partial charge in [-0.3, -0.25) is 9.59 Å². The van der Waals surface area contributed by atoms with Crippen molar-refractivity contribution in [2.75, 3.05) is 5.75 Å². The summed E-state index contributed by atoms with van der Waals surface area (Å²) in [7, 11) is -3.65. The molecule has 0 aromatic heterocycles. The molecule has 1 atom stereocenters. The third-order valence-corrected chi connectivity index (χ3v) is 3.49. The number of sulfonamides is 1. The molecule has 0 radical (unpaired) electrons. The van der Waals surface area contributed by atoms with Crippen LogP contribution in [0.1, 0.15) is 33.6 Å². The Morgan fingerprint density at radius 2 is 1.82 bits per heavy atom. The third kappa shape index (κ3) is 7.87. The second-order valence-corrected chi connectivity index (χ2v) is 6.29. The Morgan fingerprint density at radius 3 is 2.18 bits per heavy atom. The van der Waals surface area contributed by atoms with Gasteiger partial charge < -0.3 is 5.11 Å². The summed E-state index contributed by atoms with van der Waals surface area (Å²) in [6, 6.07) is -1.37. The molecule has 7 heteroatoms. The summed E-state index contributed by atoms with van der Waals surface area (Å²) in [6.07, 6.45) is 0.109. The van der Waals surface area contributed by atoms with Crippen molar-refractivity contribution in [3.05, 3.63) is 0 Å². The van der Waals surface area contributed by atoms with Crippen LogP contribution in [0.3, 0.4) is 0 Å². The number of hydrogen-bond donors (Lipinski definition) is 2. The van der Waals surface area contributed by atoms with Gasteiger partial charge in [-0.05, 0) is 19.3 Å². The predicted octanol–water partition coefficient (Wildman–Crippen LogP) is 0.384. The first-order valence-corrected chi connectivity index (χ1v) is 7.01. The first-order valence-electron chi connectivity index (χ1n) is 5.36. The molecular formula is C10H19NO5S. The average Bonchev–Trinajstić information content (AvgIpc) is 2.12. The van der Waals surface area contributed by atoms with Gasteiger partial charge in [-0.15, -0.1) is 0 Å². The van der Waals surface area contributed by atoms with E-state index >= 15 is 0 Å². The number of carboxylic acids is 1. The van der Waals surface area contributed by atoms with Gasteiger partial charge in [0.15, 0.2) is 0 Å². The van der Waals surface area contributed by atoms with Gasteiger partial charge in [0.1, 0.15) is 11.8 Å². The van der Waals surface area contributed by atoms with Gasteiger partial charge in [0.05, 0.1) is 5.75 Å². The van der Waals surface area contributed by atoms with E-state index < -0.39 is 22.0 Å². The lowest BCUT2D eigenvalue weighted by atomic mass is 10.2. The largest absolute Gasteiger partial charge is 0.480 e. The number of carboxylic acid groups (broad SMARTS) is 1. The van der Waals surface area contributed by atoms with Crippen molar-refractivity contribution < 1.29 is 23.1 Å². The number of rotatable bonds is 8. The molecule has 0 heterocycles. The van der Waals surface area contributed by atoms with E-state index in [2.05, 4.69) is 0 Å². The molecule has 17 heavy (non-hydrogen) atoms. The summed E-state index contributed by atoms with van der Waals surface area (Å²) in [5, 5.41) is 8.78. The minimum Gasteiger partial charge on any atom is -0.480 e. The maximum Gasteiger partial charge on any atom is 0.322 e. The number of Topliss-reactive ketones (excluding diaryl/α,β-unsaturated/α-hetero) is 1. The molecule has 0 aliphatic carbocycles. The second kappa shape index (κ2) is 6.70. The van der Waals surface area contributed by atoms with E-state index in [1.165, 1.54) is 6.92 Å². The smallest absolute Gasteiger partial charge is 0.322 e. The Labute approximate surface area is 101 Å². The summed E-state index contributed by atoms with van der Waals surface area (Å²) < 4.78 is 25.1. The molecule has 0 amide bonds. The van der Waals surface area contributed by atoms with Crippen molar-refractivity contribution in [1.82, 2.24) is 4.72 Å². The molecule has 6 nitrogen and oxygen atoms in total. The van der Waals surface area contributed by atoms with Gasteiger partial charge in [0.2, 0.25) is 10.0 Å². The molecule has 0 saturated carbocycles. The van der Waals surface area contributed by atoms with Crippen LogP contribution in [0.25, 0.3) is 0 Å². The average molecular weight is 265 g/mol. The van der Waals surface area contributed by atoms with Gasteiger partial charge in [0.25, 0.3) is 0 Å². The molecule has 2 N–H and O–H groups in total. The van der Waals surface area contributed by atoms with Crippen molar-refractivity contribution in [2.24, 2.45) is 5.92 Å². The van der Waals surface area contributed by atoms with E-state index in [1.807, 2.05) is 18.6 Å². The van der Waals surface area contributed by atoms with Crippen molar-refractivity contribution >= 4 is 21.8 Å². The van der Waals surface area contributed by atoms with Gasteiger partial charge in [-0.25, -0.2) is 13.1 Å². The van der Waals surface area contributed by atoms with Crippen molar-refractivity contribution in [3.63, 3.8) is 0 Å². The molecule has 0 unspecified atom stereocenters. The number of carbonyl (C=O) groups excluding carboxylic acids is 1. The summed E-state index contributed by atoms with van der Waals surface area (Å²) in [5.74, 6) is -1.63. The molecule has 0 spiro atoms. The molecule has 0 aliphatic rings. The Hall–Kier alpha value is -0.950.